The Balaban J connectivity index is 2.98. The highest BCUT2D eigenvalue weighted by Crippen LogP contribution is 2.23. The van der Waals surface area contributed by atoms with Gasteiger partial charge in [0.1, 0.15) is 6.04 Å². The molecule has 0 aliphatic rings. The molecule has 6 heteroatoms. The minimum Gasteiger partial charge on any atom is -0.354 e. The van der Waals surface area contributed by atoms with Gasteiger partial charge < -0.3 is 5.32 Å². The molecule has 0 spiro atoms. The molecule has 1 rings (SSSR count). The Morgan fingerprint density at radius 2 is 1.87 bits per heavy atom. The summed E-state index contributed by atoms with van der Waals surface area (Å²) in [6.07, 6.45) is 4.14. The third-order valence-corrected chi connectivity index (χ3v) is 5.15. The van der Waals surface area contributed by atoms with Crippen molar-refractivity contribution in [3.05, 3.63) is 29.3 Å². The molecule has 23 heavy (non-hydrogen) atoms. The van der Waals surface area contributed by atoms with Crippen molar-refractivity contribution in [2.24, 2.45) is 0 Å². The summed E-state index contributed by atoms with van der Waals surface area (Å²) in [5, 5.41) is 2.82. The maximum atomic E-state index is 12.3. The lowest BCUT2D eigenvalue weighted by atomic mass is 10.1. The van der Waals surface area contributed by atoms with Gasteiger partial charge in [-0.25, -0.2) is 8.42 Å². The molecule has 1 amide bonds. The number of carbonyl (C=O) groups excluding carboxylic acids is 1. The van der Waals surface area contributed by atoms with E-state index in [1.165, 1.54) is 4.31 Å². The number of hydrogen-bond acceptors (Lipinski definition) is 3. The highest BCUT2D eigenvalue weighted by atomic mass is 32.2. The maximum absolute atomic E-state index is 12.3. The van der Waals surface area contributed by atoms with E-state index in [1.54, 1.807) is 19.1 Å². The summed E-state index contributed by atoms with van der Waals surface area (Å²) in [7, 11) is -3.55. The van der Waals surface area contributed by atoms with Crippen molar-refractivity contribution in [2.45, 2.75) is 53.0 Å². The van der Waals surface area contributed by atoms with Crippen molar-refractivity contribution in [3.8, 4) is 0 Å². The van der Waals surface area contributed by atoms with Gasteiger partial charge in [0.2, 0.25) is 15.9 Å². The van der Waals surface area contributed by atoms with Gasteiger partial charge in [-0.15, -0.1) is 0 Å². The largest absolute Gasteiger partial charge is 0.354 e. The van der Waals surface area contributed by atoms with Crippen molar-refractivity contribution >= 4 is 21.6 Å². The summed E-state index contributed by atoms with van der Waals surface area (Å²) < 4.78 is 25.6. The lowest BCUT2D eigenvalue weighted by Gasteiger charge is -2.28. The Hall–Kier alpha value is -1.56. The molecule has 1 aromatic carbocycles. The van der Waals surface area contributed by atoms with Crippen LogP contribution in [-0.2, 0) is 14.8 Å². The standard InChI is InChI=1S/C17H28N2O3S/c1-6-7-8-11-18-17(20)15(4)19(23(5,21)22)16-10-9-13(2)14(3)12-16/h9-10,12,15H,6-8,11H2,1-5H3,(H,18,20)/t15-/m0/s1. The predicted octanol–water partition coefficient (Wildman–Crippen LogP) is 2.76. The normalized spacial score (nSPS) is 12.7. The fraction of sp³-hybridized carbons (Fsp3) is 0.588. The van der Waals surface area contributed by atoms with E-state index in [1.807, 2.05) is 19.9 Å². The molecule has 1 N–H and O–H groups in total. The topological polar surface area (TPSA) is 66.5 Å². The smallest absolute Gasteiger partial charge is 0.243 e. The molecule has 5 nitrogen and oxygen atoms in total. The zero-order valence-corrected chi connectivity index (χ0v) is 15.5. The maximum Gasteiger partial charge on any atom is 0.243 e. The minimum atomic E-state index is -3.55. The van der Waals surface area contributed by atoms with Crippen LogP contribution in [-0.4, -0.2) is 33.2 Å². The highest BCUT2D eigenvalue weighted by Gasteiger charge is 2.29. The van der Waals surface area contributed by atoms with Crippen LogP contribution in [0.15, 0.2) is 18.2 Å². The summed E-state index contributed by atoms with van der Waals surface area (Å²) in [6, 6.07) is 4.63. The SMILES string of the molecule is CCCCCNC(=O)[C@H](C)N(c1ccc(C)c(C)c1)S(C)(=O)=O. The molecule has 0 radical (unpaired) electrons. The van der Waals surface area contributed by atoms with E-state index in [0.29, 0.717) is 12.2 Å². The average molecular weight is 340 g/mol. The predicted molar refractivity (Wildman–Crippen MR) is 95.2 cm³/mol. The molecule has 130 valence electrons. The van der Waals surface area contributed by atoms with Crippen LogP contribution < -0.4 is 9.62 Å². The Morgan fingerprint density at radius 3 is 2.39 bits per heavy atom. The van der Waals surface area contributed by atoms with Gasteiger partial charge in [0.25, 0.3) is 0 Å². The Bertz CT molecular complexity index is 641. The summed E-state index contributed by atoms with van der Waals surface area (Å²) in [5.74, 6) is -0.273. The van der Waals surface area contributed by atoms with E-state index < -0.39 is 16.1 Å². The number of benzene rings is 1. The van der Waals surface area contributed by atoms with Crippen LogP contribution in [0.2, 0.25) is 0 Å². The number of rotatable bonds is 8. The van der Waals surface area contributed by atoms with Crippen LogP contribution >= 0.6 is 0 Å². The van der Waals surface area contributed by atoms with Gasteiger partial charge >= 0.3 is 0 Å². The number of sulfonamides is 1. The fourth-order valence-corrected chi connectivity index (χ4v) is 3.57. The molecule has 1 aromatic rings. The lowest BCUT2D eigenvalue weighted by Crippen LogP contribution is -2.48. The number of aryl methyl sites for hydroxylation is 2. The van der Waals surface area contributed by atoms with Crippen LogP contribution in [0, 0.1) is 13.8 Å². The fourth-order valence-electron chi connectivity index (χ4n) is 2.41. The molecule has 0 bridgehead atoms. The van der Waals surface area contributed by atoms with Gasteiger partial charge in [-0.05, 0) is 50.5 Å². The third kappa shape index (κ3) is 5.53. The number of unbranched alkanes of at least 4 members (excludes halogenated alkanes) is 2. The van der Waals surface area contributed by atoms with E-state index in [-0.39, 0.29) is 5.91 Å². The van der Waals surface area contributed by atoms with Crippen LogP contribution in [0.1, 0.15) is 44.2 Å². The molecule has 0 aliphatic heterocycles. The zero-order chi connectivity index (χ0) is 17.6. The molecule has 0 fully saturated rings. The molecular formula is C17H28N2O3S. The van der Waals surface area contributed by atoms with Gasteiger partial charge in [0.15, 0.2) is 0 Å². The summed E-state index contributed by atoms with van der Waals surface area (Å²) in [4.78, 5) is 12.3. The minimum absolute atomic E-state index is 0.273. The number of amides is 1. The van der Waals surface area contributed by atoms with E-state index in [2.05, 4.69) is 12.2 Å². The van der Waals surface area contributed by atoms with Crippen LogP contribution in [0.4, 0.5) is 5.69 Å². The number of nitrogens with one attached hydrogen (secondary N) is 1. The highest BCUT2D eigenvalue weighted by molar-refractivity contribution is 7.92. The lowest BCUT2D eigenvalue weighted by molar-refractivity contribution is -0.121. The van der Waals surface area contributed by atoms with Gasteiger partial charge in [0, 0.05) is 6.54 Å². The third-order valence-electron chi connectivity index (χ3n) is 3.91. The average Bonchev–Trinajstić information content (AvgIpc) is 2.45. The summed E-state index contributed by atoms with van der Waals surface area (Å²) >= 11 is 0. The van der Waals surface area contributed by atoms with Crippen molar-refractivity contribution in [1.29, 1.82) is 0 Å². The van der Waals surface area contributed by atoms with Crippen molar-refractivity contribution in [2.75, 3.05) is 17.1 Å². The van der Waals surface area contributed by atoms with Crippen molar-refractivity contribution < 1.29 is 13.2 Å². The van der Waals surface area contributed by atoms with Gasteiger partial charge in [-0.2, -0.15) is 0 Å². The first-order valence-corrected chi connectivity index (χ1v) is 9.87. The molecule has 0 aliphatic carbocycles. The van der Waals surface area contributed by atoms with E-state index >= 15 is 0 Å². The van der Waals surface area contributed by atoms with Crippen LogP contribution in [0.25, 0.3) is 0 Å². The zero-order valence-electron chi connectivity index (χ0n) is 14.7. The van der Waals surface area contributed by atoms with E-state index in [4.69, 9.17) is 0 Å². The Kier molecular flexibility index (Phi) is 7.06. The summed E-state index contributed by atoms with van der Waals surface area (Å²) in [5.41, 5.74) is 2.59. The van der Waals surface area contributed by atoms with E-state index in [9.17, 15) is 13.2 Å². The molecule has 0 saturated carbocycles. The van der Waals surface area contributed by atoms with Crippen molar-refractivity contribution in [1.82, 2.24) is 5.32 Å². The quantitative estimate of drug-likeness (QED) is 0.740. The first kappa shape index (κ1) is 19.5. The van der Waals surface area contributed by atoms with Gasteiger partial charge in [0.05, 0.1) is 11.9 Å². The van der Waals surface area contributed by atoms with Gasteiger partial charge in [-0.3, -0.25) is 9.10 Å². The second-order valence-corrected chi connectivity index (χ2v) is 7.86. The second kappa shape index (κ2) is 8.34. The molecule has 0 heterocycles. The molecule has 0 aromatic heterocycles. The first-order valence-electron chi connectivity index (χ1n) is 8.02. The second-order valence-electron chi connectivity index (χ2n) is 6.00. The Labute approximate surface area is 140 Å². The molecule has 0 saturated heterocycles. The van der Waals surface area contributed by atoms with Crippen molar-refractivity contribution in [3.63, 3.8) is 0 Å². The molecular weight excluding hydrogens is 312 g/mol. The van der Waals surface area contributed by atoms with E-state index in [0.717, 1.165) is 36.6 Å². The summed E-state index contributed by atoms with van der Waals surface area (Å²) in [6.45, 7) is 8.17. The monoisotopic (exact) mass is 340 g/mol. The number of hydrogen-bond donors (Lipinski definition) is 1. The number of anilines is 1. The van der Waals surface area contributed by atoms with Crippen LogP contribution in [0.3, 0.4) is 0 Å². The first-order chi connectivity index (χ1) is 10.7. The van der Waals surface area contributed by atoms with Crippen LogP contribution in [0.5, 0.6) is 0 Å². The Morgan fingerprint density at radius 1 is 1.22 bits per heavy atom. The number of nitrogens with zero attached hydrogens (tertiary/aromatic N) is 1. The number of carbonyl (C=O) groups is 1. The van der Waals surface area contributed by atoms with Gasteiger partial charge in [-0.1, -0.05) is 25.8 Å². The molecule has 0 unspecified atom stereocenters. The molecule has 1 atom stereocenters.